The number of nitrogens with one attached hydrogen (secondary N) is 3. The third-order valence-corrected chi connectivity index (χ3v) is 5.72. The van der Waals surface area contributed by atoms with Crippen LogP contribution in [-0.4, -0.2) is 45.5 Å². The van der Waals surface area contributed by atoms with E-state index in [-0.39, 0.29) is 18.4 Å². The average Bonchev–Trinajstić information content (AvgIpc) is 3.22. The fraction of sp³-hybridized carbons (Fsp3) is 0.148. The molecule has 0 bridgehead atoms. The lowest BCUT2D eigenvalue weighted by atomic mass is 9.99. The second kappa shape index (κ2) is 10.2. The minimum Gasteiger partial charge on any atom is -0.465 e. The van der Waals surface area contributed by atoms with Gasteiger partial charge in [0.05, 0.1) is 36.2 Å². The van der Waals surface area contributed by atoms with Crippen molar-refractivity contribution < 1.29 is 19.1 Å². The zero-order valence-electron chi connectivity index (χ0n) is 19.7. The molecule has 3 N–H and O–H groups in total. The van der Waals surface area contributed by atoms with Crippen LogP contribution in [0.5, 0.6) is 0 Å². The Kier molecular flexibility index (Phi) is 6.93. The van der Waals surface area contributed by atoms with Crippen LogP contribution in [0.15, 0.2) is 72.8 Å². The molecule has 3 aromatic rings. The molecule has 8 heteroatoms. The molecule has 1 aliphatic rings. The minimum atomic E-state index is -0.473. The number of hydrogen-bond acceptors (Lipinski definition) is 6. The highest BCUT2D eigenvalue weighted by Gasteiger charge is 2.29. The van der Waals surface area contributed by atoms with Gasteiger partial charge in [-0.15, -0.1) is 0 Å². The molecule has 35 heavy (non-hydrogen) atoms. The SMILES string of the molecule is CNCC(=O)N(C)c1ccc(N/C(=C2\C(=O)Nc3cc(C(=O)OC)ccc32)c2ccccc2)cc1. The summed E-state index contributed by atoms with van der Waals surface area (Å²) in [6.07, 6.45) is 0. The van der Waals surface area contributed by atoms with Crippen molar-refractivity contribution in [3.8, 4) is 0 Å². The van der Waals surface area contributed by atoms with Crippen molar-refractivity contribution in [2.75, 3.05) is 43.3 Å². The first-order chi connectivity index (χ1) is 16.9. The molecule has 0 atom stereocenters. The first-order valence-corrected chi connectivity index (χ1v) is 11.0. The van der Waals surface area contributed by atoms with E-state index < -0.39 is 5.97 Å². The van der Waals surface area contributed by atoms with Crippen LogP contribution in [0.2, 0.25) is 0 Å². The third kappa shape index (κ3) is 4.92. The van der Waals surface area contributed by atoms with Gasteiger partial charge in [0.15, 0.2) is 0 Å². The molecule has 1 aliphatic heterocycles. The van der Waals surface area contributed by atoms with Gasteiger partial charge in [-0.3, -0.25) is 9.59 Å². The zero-order chi connectivity index (χ0) is 24.9. The Bertz CT molecular complexity index is 1300. The molecule has 0 fully saturated rings. The van der Waals surface area contributed by atoms with E-state index in [1.807, 2.05) is 54.6 Å². The Balaban J connectivity index is 1.73. The second-order valence-electron chi connectivity index (χ2n) is 7.98. The number of benzene rings is 3. The minimum absolute atomic E-state index is 0.0501. The molecule has 4 rings (SSSR count). The van der Waals surface area contributed by atoms with Gasteiger partial charge in [0, 0.05) is 24.0 Å². The monoisotopic (exact) mass is 470 g/mol. The summed E-state index contributed by atoms with van der Waals surface area (Å²) < 4.78 is 4.80. The summed E-state index contributed by atoms with van der Waals surface area (Å²) in [6.45, 7) is 0.243. The second-order valence-corrected chi connectivity index (χ2v) is 7.98. The number of amides is 2. The van der Waals surface area contributed by atoms with Crippen molar-refractivity contribution in [1.82, 2.24) is 5.32 Å². The summed E-state index contributed by atoms with van der Waals surface area (Å²) >= 11 is 0. The van der Waals surface area contributed by atoms with E-state index in [0.29, 0.717) is 28.1 Å². The number of hydrogen-bond donors (Lipinski definition) is 3. The van der Waals surface area contributed by atoms with Crippen LogP contribution < -0.4 is 20.9 Å². The van der Waals surface area contributed by atoms with E-state index in [1.165, 1.54) is 7.11 Å². The van der Waals surface area contributed by atoms with Gasteiger partial charge in [-0.05, 0) is 49.0 Å². The third-order valence-electron chi connectivity index (χ3n) is 5.72. The Hall–Kier alpha value is -4.43. The highest BCUT2D eigenvalue weighted by molar-refractivity contribution is 6.37. The lowest BCUT2D eigenvalue weighted by molar-refractivity contribution is -0.117. The Labute approximate surface area is 203 Å². The van der Waals surface area contributed by atoms with Crippen LogP contribution in [0.25, 0.3) is 11.3 Å². The summed E-state index contributed by atoms with van der Waals surface area (Å²) in [6, 6.07) is 21.9. The molecule has 0 spiro atoms. The van der Waals surface area contributed by atoms with E-state index in [9.17, 15) is 14.4 Å². The first kappa shape index (κ1) is 23.7. The van der Waals surface area contributed by atoms with Gasteiger partial charge >= 0.3 is 5.97 Å². The molecular formula is C27H26N4O4. The summed E-state index contributed by atoms with van der Waals surface area (Å²) in [5.41, 5.74) is 5.01. The van der Waals surface area contributed by atoms with E-state index in [4.69, 9.17) is 4.74 Å². The highest BCUT2D eigenvalue weighted by Crippen LogP contribution is 2.38. The summed E-state index contributed by atoms with van der Waals surface area (Å²) in [4.78, 5) is 38.8. The van der Waals surface area contributed by atoms with Crippen molar-refractivity contribution in [3.05, 3.63) is 89.5 Å². The van der Waals surface area contributed by atoms with Crippen molar-refractivity contribution in [2.24, 2.45) is 0 Å². The van der Waals surface area contributed by atoms with Crippen LogP contribution >= 0.6 is 0 Å². The number of carbonyl (C=O) groups is 3. The molecule has 8 nitrogen and oxygen atoms in total. The predicted octanol–water partition coefficient (Wildman–Crippen LogP) is 3.59. The fourth-order valence-electron chi connectivity index (χ4n) is 3.88. The number of fused-ring (bicyclic) bond motifs is 1. The number of ether oxygens (including phenoxy) is 1. The zero-order valence-corrected chi connectivity index (χ0v) is 19.7. The Morgan fingerprint density at radius 1 is 0.971 bits per heavy atom. The van der Waals surface area contributed by atoms with Gasteiger partial charge in [0.2, 0.25) is 5.91 Å². The van der Waals surface area contributed by atoms with Crippen LogP contribution in [0.3, 0.4) is 0 Å². The van der Waals surface area contributed by atoms with Crippen molar-refractivity contribution >= 4 is 46.1 Å². The van der Waals surface area contributed by atoms with Crippen molar-refractivity contribution in [1.29, 1.82) is 0 Å². The van der Waals surface area contributed by atoms with E-state index in [1.54, 1.807) is 37.2 Å². The largest absolute Gasteiger partial charge is 0.465 e. The molecule has 178 valence electrons. The molecule has 0 aromatic heterocycles. The van der Waals surface area contributed by atoms with Crippen LogP contribution in [0.1, 0.15) is 21.5 Å². The summed E-state index contributed by atoms with van der Waals surface area (Å²) in [5.74, 6) is -0.799. The van der Waals surface area contributed by atoms with Gasteiger partial charge in [0.1, 0.15) is 0 Å². The maximum Gasteiger partial charge on any atom is 0.337 e. The van der Waals surface area contributed by atoms with E-state index in [2.05, 4.69) is 16.0 Å². The van der Waals surface area contributed by atoms with Gasteiger partial charge in [-0.25, -0.2) is 4.79 Å². The number of methoxy groups -OCH3 is 1. The predicted molar refractivity (Wildman–Crippen MR) is 137 cm³/mol. The van der Waals surface area contributed by atoms with Gasteiger partial charge < -0.3 is 25.6 Å². The smallest absolute Gasteiger partial charge is 0.337 e. The summed E-state index contributed by atoms with van der Waals surface area (Å²) in [5, 5.41) is 9.10. The Morgan fingerprint density at radius 3 is 2.34 bits per heavy atom. The van der Waals surface area contributed by atoms with Crippen LogP contribution in [0.4, 0.5) is 17.1 Å². The molecule has 0 saturated heterocycles. The van der Waals surface area contributed by atoms with E-state index >= 15 is 0 Å². The maximum atomic E-state index is 13.1. The fourth-order valence-corrected chi connectivity index (χ4v) is 3.88. The standard InChI is InChI=1S/C27H26N4O4/c1-28-16-23(32)31(2)20-12-10-19(11-13-20)29-25(17-7-5-4-6-8-17)24-21-14-9-18(27(34)35-3)15-22(21)30-26(24)33/h4-15,28-29H,16H2,1-3H3,(H,30,33)/b25-24-. The molecule has 0 radical (unpaired) electrons. The van der Waals surface area contributed by atoms with Crippen LogP contribution in [0, 0.1) is 0 Å². The number of anilines is 3. The number of nitrogens with zero attached hydrogens (tertiary/aromatic N) is 1. The quantitative estimate of drug-likeness (QED) is 0.361. The lowest BCUT2D eigenvalue weighted by Crippen LogP contribution is -2.34. The average molecular weight is 471 g/mol. The molecule has 0 saturated carbocycles. The molecule has 0 aliphatic carbocycles. The number of esters is 1. The number of likely N-dealkylation sites (N-methyl/N-ethyl adjacent to an activating group) is 2. The van der Waals surface area contributed by atoms with Gasteiger partial charge in [-0.1, -0.05) is 36.4 Å². The Morgan fingerprint density at radius 2 is 1.69 bits per heavy atom. The van der Waals surface area contributed by atoms with Crippen molar-refractivity contribution in [2.45, 2.75) is 0 Å². The summed E-state index contributed by atoms with van der Waals surface area (Å²) in [7, 11) is 4.77. The molecule has 2 amide bonds. The molecular weight excluding hydrogens is 444 g/mol. The maximum absolute atomic E-state index is 13.1. The van der Waals surface area contributed by atoms with Crippen molar-refractivity contribution in [3.63, 3.8) is 0 Å². The number of carbonyl (C=O) groups excluding carboxylic acids is 3. The topological polar surface area (TPSA) is 99.8 Å². The molecule has 1 heterocycles. The van der Waals surface area contributed by atoms with Gasteiger partial charge in [-0.2, -0.15) is 0 Å². The first-order valence-electron chi connectivity index (χ1n) is 11.0. The lowest BCUT2D eigenvalue weighted by Gasteiger charge is -2.19. The van der Waals surface area contributed by atoms with E-state index in [0.717, 1.165) is 16.9 Å². The molecule has 0 unspecified atom stereocenters. The number of rotatable bonds is 7. The highest BCUT2D eigenvalue weighted by atomic mass is 16.5. The molecule has 3 aromatic carbocycles. The normalized spacial score (nSPS) is 13.5. The van der Waals surface area contributed by atoms with Crippen LogP contribution in [-0.2, 0) is 14.3 Å². The van der Waals surface area contributed by atoms with Gasteiger partial charge in [0.25, 0.3) is 5.91 Å².